The van der Waals surface area contributed by atoms with Crippen LogP contribution in [0.3, 0.4) is 0 Å². The van der Waals surface area contributed by atoms with Crippen molar-refractivity contribution >= 4 is 11.6 Å². The Balaban J connectivity index is 2.27. The standard InChI is InChI=1S/C10H19ClO2/c1-4-7(3)13-9-6-8(11)10(9)12-5-2/h7-10H,4-6H2,1-3H3. The highest BCUT2D eigenvalue weighted by molar-refractivity contribution is 6.21. The van der Waals surface area contributed by atoms with Crippen LogP contribution in [0.1, 0.15) is 33.6 Å². The predicted octanol–water partition coefficient (Wildman–Crippen LogP) is 2.59. The summed E-state index contributed by atoms with van der Waals surface area (Å²) in [6.45, 7) is 6.91. The van der Waals surface area contributed by atoms with Gasteiger partial charge in [0.15, 0.2) is 0 Å². The molecule has 1 fully saturated rings. The van der Waals surface area contributed by atoms with Gasteiger partial charge in [-0.25, -0.2) is 0 Å². The van der Waals surface area contributed by atoms with Crippen LogP contribution in [-0.4, -0.2) is 30.3 Å². The van der Waals surface area contributed by atoms with Crippen LogP contribution in [0.2, 0.25) is 0 Å². The van der Waals surface area contributed by atoms with Crippen molar-refractivity contribution in [2.24, 2.45) is 0 Å². The lowest BCUT2D eigenvalue weighted by atomic mass is 9.90. The van der Waals surface area contributed by atoms with Crippen molar-refractivity contribution in [2.45, 2.75) is 57.3 Å². The zero-order chi connectivity index (χ0) is 9.84. The highest BCUT2D eigenvalue weighted by Gasteiger charge is 2.42. The molecule has 0 saturated heterocycles. The van der Waals surface area contributed by atoms with E-state index in [1.165, 1.54) is 0 Å². The molecular weight excluding hydrogens is 188 g/mol. The highest BCUT2D eigenvalue weighted by atomic mass is 35.5. The maximum Gasteiger partial charge on any atom is 0.100 e. The molecule has 0 aromatic carbocycles. The molecule has 0 aromatic rings. The molecule has 0 radical (unpaired) electrons. The van der Waals surface area contributed by atoms with Gasteiger partial charge in [0.1, 0.15) is 6.10 Å². The Kier molecular flexibility index (Phi) is 4.50. The smallest absolute Gasteiger partial charge is 0.100 e. The van der Waals surface area contributed by atoms with Crippen molar-refractivity contribution < 1.29 is 9.47 Å². The molecule has 0 spiro atoms. The Morgan fingerprint density at radius 3 is 2.62 bits per heavy atom. The average molecular weight is 207 g/mol. The Bertz CT molecular complexity index is 152. The van der Waals surface area contributed by atoms with Gasteiger partial charge in [-0.15, -0.1) is 11.6 Å². The summed E-state index contributed by atoms with van der Waals surface area (Å²) in [6.07, 6.45) is 2.62. The number of hydrogen-bond acceptors (Lipinski definition) is 2. The first-order valence-corrected chi connectivity index (χ1v) is 5.53. The predicted molar refractivity (Wildman–Crippen MR) is 54.3 cm³/mol. The summed E-state index contributed by atoms with van der Waals surface area (Å²) in [5.74, 6) is 0. The van der Waals surface area contributed by atoms with Gasteiger partial charge in [-0.3, -0.25) is 0 Å². The Labute approximate surface area is 85.5 Å². The van der Waals surface area contributed by atoms with Crippen molar-refractivity contribution in [3.05, 3.63) is 0 Å². The van der Waals surface area contributed by atoms with Crippen molar-refractivity contribution in [2.75, 3.05) is 6.61 Å². The topological polar surface area (TPSA) is 18.5 Å². The second-order valence-corrected chi connectivity index (χ2v) is 4.13. The van der Waals surface area contributed by atoms with Crippen LogP contribution in [0.25, 0.3) is 0 Å². The quantitative estimate of drug-likeness (QED) is 0.644. The molecule has 0 N–H and O–H groups in total. The monoisotopic (exact) mass is 206 g/mol. The van der Waals surface area contributed by atoms with Crippen LogP contribution in [-0.2, 0) is 9.47 Å². The number of rotatable bonds is 5. The van der Waals surface area contributed by atoms with E-state index in [1.807, 2.05) is 6.92 Å². The highest BCUT2D eigenvalue weighted by Crippen LogP contribution is 2.32. The van der Waals surface area contributed by atoms with E-state index in [2.05, 4.69) is 13.8 Å². The van der Waals surface area contributed by atoms with Crippen molar-refractivity contribution in [3.8, 4) is 0 Å². The molecule has 0 bridgehead atoms. The molecule has 2 nitrogen and oxygen atoms in total. The van der Waals surface area contributed by atoms with Crippen LogP contribution in [0.5, 0.6) is 0 Å². The van der Waals surface area contributed by atoms with Crippen molar-refractivity contribution in [1.82, 2.24) is 0 Å². The molecule has 3 heteroatoms. The summed E-state index contributed by atoms with van der Waals surface area (Å²) in [7, 11) is 0. The van der Waals surface area contributed by atoms with Gasteiger partial charge in [-0.2, -0.15) is 0 Å². The minimum atomic E-state index is 0.112. The number of alkyl halides is 1. The van der Waals surface area contributed by atoms with Gasteiger partial charge in [-0.05, 0) is 26.7 Å². The molecule has 0 aliphatic heterocycles. The third kappa shape index (κ3) is 2.83. The maximum atomic E-state index is 6.01. The normalized spacial score (nSPS) is 35.5. The van der Waals surface area contributed by atoms with Gasteiger partial charge in [0.25, 0.3) is 0 Å². The third-order valence-corrected chi connectivity index (χ3v) is 2.95. The largest absolute Gasteiger partial charge is 0.374 e. The molecular formula is C10H19ClO2. The van der Waals surface area contributed by atoms with E-state index >= 15 is 0 Å². The van der Waals surface area contributed by atoms with Crippen LogP contribution >= 0.6 is 11.6 Å². The molecule has 0 heterocycles. The fourth-order valence-electron chi connectivity index (χ4n) is 1.46. The summed E-state index contributed by atoms with van der Waals surface area (Å²) in [6, 6.07) is 0. The first-order chi connectivity index (χ1) is 6.19. The van der Waals surface area contributed by atoms with Gasteiger partial charge in [0, 0.05) is 6.61 Å². The van der Waals surface area contributed by atoms with E-state index in [9.17, 15) is 0 Å². The Morgan fingerprint density at radius 1 is 1.46 bits per heavy atom. The van der Waals surface area contributed by atoms with Gasteiger partial charge in [0.05, 0.1) is 17.6 Å². The molecule has 1 rings (SSSR count). The lowest BCUT2D eigenvalue weighted by Gasteiger charge is -2.41. The second kappa shape index (κ2) is 5.18. The van der Waals surface area contributed by atoms with E-state index in [4.69, 9.17) is 21.1 Å². The van der Waals surface area contributed by atoms with E-state index in [0.717, 1.165) is 12.8 Å². The van der Waals surface area contributed by atoms with Gasteiger partial charge < -0.3 is 9.47 Å². The van der Waals surface area contributed by atoms with Gasteiger partial charge in [0.2, 0.25) is 0 Å². The second-order valence-electron chi connectivity index (χ2n) is 3.57. The van der Waals surface area contributed by atoms with Crippen molar-refractivity contribution in [1.29, 1.82) is 0 Å². The Hall–Kier alpha value is 0.210. The minimum absolute atomic E-state index is 0.112. The lowest BCUT2D eigenvalue weighted by molar-refractivity contribution is -0.142. The zero-order valence-corrected chi connectivity index (χ0v) is 9.38. The summed E-state index contributed by atoms with van der Waals surface area (Å²) in [4.78, 5) is 0. The molecule has 1 aliphatic carbocycles. The molecule has 0 amide bonds. The van der Waals surface area contributed by atoms with E-state index in [0.29, 0.717) is 12.7 Å². The zero-order valence-electron chi connectivity index (χ0n) is 8.63. The van der Waals surface area contributed by atoms with Crippen LogP contribution < -0.4 is 0 Å². The maximum absolute atomic E-state index is 6.01. The number of ether oxygens (including phenoxy) is 2. The lowest BCUT2D eigenvalue weighted by Crippen LogP contribution is -2.52. The minimum Gasteiger partial charge on any atom is -0.374 e. The van der Waals surface area contributed by atoms with Gasteiger partial charge >= 0.3 is 0 Å². The molecule has 4 atom stereocenters. The molecule has 78 valence electrons. The summed E-state index contributed by atoms with van der Waals surface area (Å²) in [5.41, 5.74) is 0. The summed E-state index contributed by atoms with van der Waals surface area (Å²) >= 11 is 6.01. The summed E-state index contributed by atoms with van der Waals surface area (Å²) in [5, 5.41) is 0.147. The fraction of sp³-hybridized carbons (Fsp3) is 1.00. The van der Waals surface area contributed by atoms with E-state index in [-0.39, 0.29) is 17.6 Å². The van der Waals surface area contributed by atoms with Crippen molar-refractivity contribution in [3.63, 3.8) is 0 Å². The molecule has 13 heavy (non-hydrogen) atoms. The van der Waals surface area contributed by atoms with Crippen LogP contribution in [0, 0.1) is 0 Å². The first kappa shape index (κ1) is 11.3. The van der Waals surface area contributed by atoms with E-state index < -0.39 is 0 Å². The molecule has 1 saturated carbocycles. The SMILES string of the molecule is CCOC1C(Cl)CC1OC(C)CC. The molecule has 0 aromatic heterocycles. The fourth-order valence-corrected chi connectivity index (χ4v) is 1.87. The first-order valence-electron chi connectivity index (χ1n) is 5.10. The number of hydrogen-bond donors (Lipinski definition) is 0. The van der Waals surface area contributed by atoms with Crippen LogP contribution in [0.4, 0.5) is 0 Å². The Morgan fingerprint density at radius 2 is 2.15 bits per heavy atom. The van der Waals surface area contributed by atoms with E-state index in [1.54, 1.807) is 0 Å². The third-order valence-electron chi connectivity index (χ3n) is 2.52. The summed E-state index contributed by atoms with van der Waals surface area (Å²) < 4.78 is 11.3. The average Bonchev–Trinajstić information content (AvgIpc) is 2.13. The number of halogens is 1. The van der Waals surface area contributed by atoms with Gasteiger partial charge in [-0.1, -0.05) is 6.92 Å². The molecule has 1 aliphatic rings. The molecule has 4 unspecified atom stereocenters. The van der Waals surface area contributed by atoms with Crippen LogP contribution in [0.15, 0.2) is 0 Å².